The Morgan fingerprint density at radius 1 is 0.882 bits per heavy atom. The molecule has 0 heterocycles. The van der Waals surface area contributed by atoms with E-state index in [9.17, 15) is 0 Å². The van der Waals surface area contributed by atoms with Crippen molar-refractivity contribution in [2.45, 2.75) is 58.8 Å². The van der Waals surface area contributed by atoms with Crippen LogP contribution in [0.4, 0.5) is 0 Å². The molecule has 0 aromatic heterocycles. The summed E-state index contributed by atoms with van der Waals surface area (Å²) in [6.45, 7) is 13.8. The van der Waals surface area contributed by atoms with E-state index in [1.807, 2.05) is 0 Å². The van der Waals surface area contributed by atoms with Crippen LogP contribution in [0.1, 0.15) is 63.8 Å². The van der Waals surface area contributed by atoms with Crippen LogP contribution in [0.25, 0.3) is 6.08 Å². The Bertz CT molecular complexity index is 462. The third-order valence-electron chi connectivity index (χ3n) is 3.58. The summed E-state index contributed by atoms with van der Waals surface area (Å²) in [5, 5.41) is 0. The lowest BCUT2D eigenvalue weighted by atomic mass is 9.77. The van der Waals surface area contributed by atoms with Crippen LogP contribution >= 0.6 is 0 Å². The van der Waals surface area contributed by atoms with Gasteiger partial charge in [0, 0.05) is 0 Å². The first-order valence-corrected chi connectivity index (χ1v) is 6.54. The van der Waals surface area contributed by atoms with Crippen LogP contribution in [0, 0.1) is 0 Å². The third-order valence-corrected chi connectivity index (χ3v) is 3.58. The molecule has 1 aromatic carbocycles. The zero-order valence-corrected chi connectivity index (χ0v) is 12.0. The highest BCUT2D eigenvalue weighted by Gasteiger charge is 2.24. The lowest BCUT2D eigenvalue weighted by molar-refractivity contribution is 0.565. The summed E-state index contributed by atoms with van der Waals surface area (Å²) in [5.41, 5.74) is 6.40. The number of benzene rings is 1. The second-order valence-electron chi connectivity index (χ2n) is 7.20. The number of fused-ring (bicyclic) bond motifs is 1. The van der Waals surface area contributed by atoms with Gasteiger partial charge in [0.05, 0.1) is 0 Å². The van der Waals surface area contributed by atoms with Crippen LogP contribution in [-0.4, -0.2) is 0 Å². The van der Waals surface area contributed by atoms with Crippen LogP contribution in [0.3, 0.4) is 0 Å². The van der Waals surface area contributed by atoms with Gasteiger partial charge in [0.15, 0.2) is 0 Å². The molecule has 2 rings (SSSR count). The van der Waals surface area contributed by atoms with Gasteiger partial charge in [-0.1, -0.05) is 65.8 Å². The van der Waals surface area contributed by atoms with Gasteiger partial charge in [-0.05, 0) is 39.5 Å². The highest BCUT2D eigenvalue weighted by Crippen LogP contribution is 2.36. The first-order chi connectivity index (χ1) is 7.69. The van der Waals surface area contributed by atoms with E-state index >= 15 is 0 Å². The second kappa shape index (κ2) is 3.73. The smallest absolute Gasteiger partial charge is 0.00852 e. The summed E-state index contributed by atoms with van der Waals surface area (Å²) in [5.74, 6) is 0. The molecule has 0 bridgehead atoms. The van der Waals surface area contributed by atoms with Crippen LogP contribution in [0.2, 0.25) is 0 Å². The number of hydrogen-bond donors (Lipinski definition) is 0. The Morgan fingerprint density at radius 3 is 2.06 bits per heavy atom. The van der Waals surface area contributed by atoms with Crippen LogP contribution < -0.4 is 0 Å². The zero-order valence-electron chi connectivity index (χ0n) is 12.0. The van der Waals surface area contributed by atoms with Gasteiger partial charge in [0.25, 0.3) is 0 Å². The summed E-state index contributed by atoms with van der Waals surface area (Å²) in [4.78, 5) is 0. The van der Waals surface area contributed by atoms with E-state index in [2.05, 4.69) is 65.8 Å². The number of hydrogen-bond acceptors (Lipinski definition) is 0. The highest BCUT2D eigenvalue weighted by atomic mass is 14.3. The van der Waals surface area contributed by atoms with Crippen molar-refractivity contribution in [2.75, 3.05) is 0 Å². The Balaban J connectivity index is 2.65. The van der Waals surface area contributed by atoms with E-state index in [0.29, 0.717) is 0 Å². The largest absolute Gasteiger partial charge is 0.0795 e. The van der Waals surface area contributed by atoms with Crippen molar-refractivity contribution in [1.82, 2.24) is 0 Å². The average Bonchev–Trinajstić information content (AvgIpc) is 2.59. The highest BCUT2D eigenvalue weighted by molar-refractivity contribution is 5.64. The monoisotopic (exact) mass is 228 g/mol. The normalized spacial score (nSPS) is 15.2. The Hall–Kier alpha value is -1.04. The molecule has 0 nitrogen and oxygen atoms in total. The zero-order chi connectivity index (χ0) is 12.8. The van der Waals surface area contributed by atoms with E-state index in [0.717, 1.165) is 6.42 Å². The molecule has 1 aliphatic carbocycles. The molecule has 0 spiro atoms. The van der Waals surface area contributed by atoms with Gasteiger partial charge < -0.3 is 0 Å². The maximum atomic E-state index is 2.42. The fraction of sp³-hybridized carbons (Fsp3) is 0.529. The Morgan fingerprint density at radius 2 is 1.53 bits per heavy atom. The Kier molecular flexibility index (Phi) is 2.72. The molecular formula is C17H24. The second-order valence-corrected chi connectivity index (χ2v) is 7.20. The summed E-state index contributed by atoms with van der Waals surface area (Å²) in [6, 6.07) is 4.79. The summed E-state index contributed by atoms with van der Waals surface area (Å²) < 4.78 is 0. The number of allylic oxidation sites excluding steroid dienone is 1. The molecular weight excluding hydrogens is 204 g/mol. The fourth-order valence-electron chi connectivity index (χ4n) is 2.48. The van der Waals surface area contributed by atoms with E-state index in [-0.39, 0.29) is 10.8 Å². The molecule has 0 amide bonds. The van der Waals surface area contributed by atoms with Gasteiger partial charge in [0.2, 0.25) is 0 Å². The standard InChI is InChI=1S/C17H24/c1-16(2,3)13-10-12-8-7-9-14(12)15(11-13)17(4,5)6/h7-8,10-11H,9H2,1-6H3. The molecule has 0 aliphatic heterocycles. The minimum Gasteiger partial charge on any atom is -0.0795 e. The van der Waals surface area contributed by atoms with E-state index < -0.39 is 0 Å². The molecule has 1 aromatic rings. The molecule has 0 atom stereocenters. The quantitative estimate of drug-likeness (QED) is 0.595. The molecule has 0 unspecified atom stereocenters. The van der Waals surface area contributed by atoms with Crippen molar-refractivity contribution in [2.24, 2.45) is 0 Å². The van der Waals surface area contributed by atoms with Gasteiger partial charge in [-0.25, -0.2) is 0 Å². The molecule has 0 saturated heterocycles. The molecule has 0 saturated carbocycles. The summed E-state index contributed by atoms with van der Waals surface area (Å²) >= 11 is 0. The molecule has 17 heavy (non-hydrogen) atoms. The van der Waals surface area contributed by atoms with Gasteiger partial charge >= 0.3 is 0 Å². The minimum absolute atomic E-state index is 0.228. The van der Waals surface area contributed by atoms with Gasteiger partial charge in [-0.3, -0.25) is 0 Å². The predicted octanol–water partition coefficient (Wildman–Crippen LogP) is 4.85. The SMILES string of the molecule is CC(C)(C)c1cc2c(c(C(C)(C)C)c1)CC=C2. The third kappa shape index (κ3) is 2.31. The van der Waals surface area contributed by atoms with Crippen molar-refractivity contribution in [1.29, 1.82) is 0 Å². The summed E-state index contributed by atoms with van der Waals surface area (Å²) in [7, 11) is 0. The maximum Gasteiger partial charge on any atom is -0.00852 e. The molecule has 92 valence electrons. The van der Waals surface area contributed by atoms with Gasteiger partial charge in [-0.15, -0.1) is 0 Å². The van der Waals surface area contributed by atoms with Crippen molar-refractivity contribution < 1.29 is 0 Å². The first kappa shape index (κ1) is 12.4. The van der Waals surface area contributed by atoms with E-state index in [4.69, 9.17) is 0 Å². The summed E-state index contributed by atoms with van der Waals surface area (Å²) in [6.07, 6.45) is 5.67. The topological polar surface area (TPSA) is 0 Å². The average molecular weight is 228 g/mol. The van der Waals surface area contributed by atoms with Gasteiger partial charge in [-0.2, -0.15) is 0 Å². The van der Waals surface area contributed by atoms with Crippen molar-refractivity contribution in [3.8, 4) is 0 Å². The van der Waals surface area contributed by atoms with Crippen molar-refractivity contribution >= 4 is 6.08 Å². The number of rotatable bonds is 0. The van der Waals surface area contributed by atoms with Crippen molar-refractivity contribution in [3.05, 3.63) is 40.5 Å². The first-order valence-electron chi connectivity index (χ1n) is 6.54. The lowest BCUT2D eigenvalue weighted by Gasteiger charge is -2.28. The fourth-order valence-corrected chi connectivity index (χ4v) is 2.48. The van der Waals surface area contributed by atoms with E-state index in [1.165, 1.54) is 22.3 Å². The van der Waals surface area contributed by atoms with E-state index in [1.54, 1.807) is 0 Å². The maximum absolute atomic E-state index is 2.42. The molecule has 0 fully saturated rings. The van der Waals surface area contributed by atoms with Crippen LogP contribution in [-0.2, 0) is 17.3 Å². The minimum atomic E-state index is 0.228. The van der Waals surface area contributed by atoms with Gasteiger partial charge in [0.1, 0.15) is 0 Å². The van der Waals surface area contributed by atoms with Crippen molar-refractivity contribution in [3.63, 3.8) is 0 Å². The predicted molar refractivity (Wildman–Crippen MR) is 76.6 cm³/mol. The Labute approximate surface area is 106 Å². The lowest BCUT2D eigenvalue weighted by Crippen LogP contribution is -2.18. The molecule has 0 radical (unpaired) electrons. The molecule has 0 heteroatoms. The molecule has 1 aliphatic rings. The van der Waals surface area contributed by atoms with Crippen LogP contribution in [0.5, 0.6) is 0 Å². The molecule has 0 N–H and O–H groups in total. The van der Waals surface area contributed by atoms with Crippen LogP contribution in [0.15, 0.2) is 18.2 Å².